The number of rotatable bonds is 6. The van der Waals surface area contributed by atoms with Crippen molar-refractivity contribution in [1.29, 1.82) is 0 Å². The first-order chi connectivity index (χ1) is 9.62. The maximum absolute atomic E-state index is 12.6. The fourth-order valence-corrected chi connectivity index (χ4v) is 2.16. The van der Waals surface area contributed by atoms with Crippen molar-refractivity contribution in [3.63, 3.8) is 0 Å². The second kappa shape index (κ2) is 5.86. The molecule has 1 fully saturated rings. The van der Waals surface area contributed by atoms with Crippen LogP contribution in [0.4, 0.5) is 5.69 Å². The highest BCUT2D eigenvalue weighted by atomic mass is 16.5. The standard InChI is InChI=1S/C15H20N2O3/c1-4-7-17(10-5-6-10)15(18)11-8-13(19-2)14(20-3)9-12(11)16/h4,8-10H,1,5-7,16H2,2-3H3. The van der Waals surface area contributed by atoms with Crippen molar-refractivity contribution in [3.05, 3.63) is 30.4 Å². The van der Waals surface area contributed by atoms with E-state index in [1.54, 1.807) is 23.1 Å². The zero-order valence-corrected chi connectivity index (χ0v) is 11.9. The van der Waals surface area contributed by atoms with Crippen LogP contribution in [0, 0.1) is 0 Å². The minimum Gasteiger partial charge on any atom is -0.493 e. The van der Waals surface area contributed by atoms with E-state index in [9.17, 15) is 4.79 Å². The Bertz CT molecular complexity index is 524. The zero-order chi connectivity index (χ0) is 14.7. The maximum atomic E-state index is 12.6. The number of benzene rings is 1. The van der Waals surface area contributed by atoms with Crippen LogP contribution in [0.1, 0.15) is 23.2 Å². The van der Waals surface area contributed by atoms with Gasteiger partial charge in [0.2, 0.25) is 0 Å². The molecule has 0 atom stereocenters. The lowest BCUT2D eigenvalue weighted by molar-refractivity contribution is 0.0763. The van der Waals surface area contributed by atoms with Gasteiger partial charge in [0.15, 0.2) is 11.5 Å². The number of carbonyl (C=O) groups excluding carboxylic acids is 1. The number of amides is 1. The van der Waals surface area contributed by atoms with E-state index >= 15 is 0 Å². The highest BCUT2D eigenvalue weighted by molar-refractivity contribution is 6.00. The molecule has 1 aromatic rings. The third-order valence-electron chi connectivity index (χ3n) is 3.36. The molecule has 0 bridgehead atoms. The van der Waals surface area contributed by atoms with Crippen molar-refractivity contribution < 1.29 is 14.3 Å². The summed E-state index contributed by atoms with van der Waals surface area (Å²) in [5.74, 6) is 0.925. The first kappa shape index (κ1) is 14.2. The summed E-state index contributed by atoms with van der Waals surface area (Å²) in [4.78, 5) is 14.4. The van der Waals surface area contributed by atoms with Gasteiger partial charge in [0, 0.05) is 24.3 Å². The van der Waals surface area contributed by atoms with Gasteiger partial charge < -0.3 is 20.1 Å². The minimum absolute atomic E-state index is 0.0918. The summed E-state index contributed by atoms with van der Waals surface area (Å²) in [6.45, 7) is 4.23. The smallest absolute Gasteiger partial charge is 0.256 e. The molecule has 0 radical (unpaired) electrons. The number of nitrogens with zero attached hydrogens (tertiary/aromatic N) is 1. The number of carbonyl (C=O) groups is 1. The number of ether oxygens (including phenoxy) is 2. The summed E-state index contributed by atoms with van der Waals surface area (Å²) in [7, 11) is 3.07. The van der Waals surface area contributed by atoms with Gasteiger partial charge in [0.1, 0.15) is 0 Å². The summed E-state index contributed by atoms with van der Waals surface area (Å²) >= 11 is 0. The Labute approximate surface area is 119 Å². The maximum Gasteiger partial charge on any atom is 0.256 e. The largest absolute Gasteiger partial charge is 0.493 e. The van der Waals surface area contributed by atoms with Gasteiger partial charge in [-0.05, 0) is 18.9 Å². The molecule has 1 amide bonds. The van der Waals surface area contributed by atoms with Crippen molar-refractivity contribution in [2.45, 2.75) is 18.9 Å². The van der Waals surface area contributed by atoms with E-state index in [1.165, 1.54) is 14.2 Å². The lowest BCUT2D eigenvalue weighted by Crippen LogP contribution is -2.33. The highest BCUT2D eigenvalue weighted by Crippen LogP contribution is 2.34. The molecule has 2 rings (SSSR count). The van der Waals surface area contributed by atoms with E-state index in [0.29, 0.717) is 35.3 Å². The van der Waals surface area contributed by atoms with Crippen LogP contribution < -0.4 is 15.2 Å². The van der Waals surface area contributed by atoms with Gasteiger partial charge in [0.05, 0.1) is 19.8 Å². The third kappa shape index (κ3) is 2.71. The molecule has 0 heterocycles. The van der Waals surface area contributed by atoms with E-state index in [0.717, 1.165) is 12.8 Å². The van der Waals surface area contributed by atoms with Crippen molar-refractivity contribution >= 4 is 11.6 Å². The van der Waals surface area contributed by atoms with E-state index in [1.807, 2.05) is 0 Å². The Morgan fingerprint density at radius 1 is 1.40 bits per heavy atom. The molecular formula is C15H20N2O3. The molecule has 0 aromatic heterocycles. The average Bonchev–Trinajstić information content (AvgIpc) is 3.28. The fourth-order valence-electron chi connectivity index (χ4n) is 2.16. The van der Waals surface area contributed by atoms with Gasteiger partial charge in [0.25, 0.3) is 5.91 Å². The third-order valence-corrected chi connectivity index (χ3v) is 3.36. The Morgan fingerprint density at radius 3 is 2.50 bits per heavy atom. The van der Waals surface area contributed by atoms with Crippen molar-refractivity contribution in [2.24, 2.45) is 0 Å². The number of nitrogen functional groups attached to an aromatic ring is 1. The molecule has 2 N–H and O–H groups in total. The quantitative estimate of drug-likeness (QED) is 0.638. The average molecular weight is 276 g/mol. The lowest BCUT2D eigenvalue weighted by atomic mass is 10.1. The first-order valence-electron chi connectivity index (χ1n) is 6.55. The fraction of sp³-hybridized carbons (Fsp3) is 0.400. The summed E-state index contributed by atoms with van der Waals surface area (Å²) in [5, 5.41) is 0. The van der Waals surface area contributed by atoms with Gasteiger partial charge in [-0.2, -0.15) is 0 Å². The van der Waals surface area contributed by atoms with Crippen molar-refractivity contribution in [2.75, 3.05) is 26.5 Å². The monoisotopic (exact) mass is 276 g/mol. The molecule has 0 spiro atoms. The van der Waals surface area contributed by atoms with E-state index < -0.39 is 0 Å². The predicted molar refractivity (Wildman–Crippen MR) is 78.2 cm³/mol. The Balaban J connectivity index is 2.35. The summed E-state index contributed by atoms with van der Waals surface area (Å²) in [6.07, 6.45) is 3.80. The molecular weight excluding hydrogens is 256 g/mol. The second-order valence-electron chi connectivity index (χ2n) is 4.77. The van der Waals surface area contributed by atoms with E-state index in [-0.39, 0.29) is 5.91 Å². The molecule has 1 aliphatic carbocycles. The number of hydrogen-bond acceptors (Lipinski definition) is 4. The predicted octanol–water partition coefficient (Wildman–Crippen LogP) is 2.08. The van der Waals surface area contributed by atoms with Crippen LogP contribution in [-0.4, -0.2) is 37.6 Å². The molecule has 1 saturated carbocycles. The molecule has 20 heavy (non-hydrogen) atoms. The van der Waals surface area contributed by atoms with Crippen LogP contribution in [0.2, 0.25) is 0 Å². The summed E-state index contributed by atoms with van der Waals surface area (Å²) in [5.41, 5.74) is 6.80. The first-order valence-corrected chi connectivity index (χ1v) is 6.55. The Kier molecular flexibility index (Phi) is 4.17. The highest BCUT2D eigenvalue weighted by Gasteiger charge is 2.33. The van der Waals surface area contributed by atoms with Gasteiger partial charge in [-0.1, -0.05) is 6.08 Å². The van der Waals surface area contributed by atoms with Crippen LogP contribution in [0.25, 0.3) is 0 Å². The van der Waals surface area contributed by atoms with Crippen molar-refractivity contribution in [3.8, 4) is 11.5 Å². The molecule has 0 aliphatic heterocycles. The summed E-state index contributed by atoms with van der Waals surface area (Å²) < 4.78 is 10.4. The number of anilines is 1. The van der Waals surface area contributed by atoms with Gasteiger partial charge in [-0.3, -0.25) is 4.79 Å². The SMILES string of the molecule is C=CCN(C(=O)c1cc(OC)c(OC)cc1N)C1CC1. The van der Waals surface area contributed by atoms with Crippen LogP contribution >= 0.6 is 0 Å². The van der Waals surface area contributed by atoms with E-state index in [2.05, 4.69) is 6.58 Å². The lowest BCUT2D eigenvalue weighted by Gasteiger charge is -2.22. The molecule has 0 unspecified atom stereocenters. The van der Waals surface area contributed by atoms with Crippen molar-refractivity contribution in [1.82, 2.24) is 4.90 Å². The van der Waals surface area contributed by atoms with Crippen LogP contribution in [0.3, 0.4) is 0 Å². The number of methoxy groups -OCH3 is 2. The number of hydrogen-bond donors (Lipinski definition) is 1. The zero-order valence-electron chi connectivity index (χ0n) is 11.9. The number of nitrogens with two attached hydrogens (primary N) is 1. The second-order valence-corrected chi connectivity index (χ2v) is 4.77. The molecule has 5 heteroatoms. The van der Waals surface area contributed by atoms with Crippen LogP contribution in [-0.2, 0) is 0 Å². The molecule has 108 valence electrons. The molecule has 5 nitrogen and oxygen atoms in total. The van der Waals surface area contributed by atoms with Gasteiger partial charge in [-0.15, -0.1) is 6.58 Å². The molecule has 0 saturated heterocycles. The Hall–Kier alpha value is -2.17. The minimum atomic E-state index is -0.0918. The van der Waals surface area contributed by atoms with Gasteiger partial charge in [-0.25, -0.2) is 0 Å². The van der Waals surface area contributed by atoms with Crippen LogP contribution in [0.15, 0.2) is 24.8 Å². The van der Waals surface area contributed by atoms with E-state index in [4.69, 9.17) is 15.2 Å². The summed E-state index contributed by atoms with van der Waals surface area (Å²) in [6, 6.07) is 3.55. The van der Waals surface area contributed by atoms with Gasteiger partial charge >= 0.3 is 0 Å². The Morgan fingerprint density at radius 2 is 2.00 bits per heavy atom. The van der Waals surface area contributed by atoms with Crippen LogP contribution in [0.5, 0.6) is 11.5 Å². The topological polar surface area (TPSA) is 64.8 Å². The molecule has 1 aliphatic rings. The molecule has 1 aromatic carbocycles. The normalized spacial score (nSPS) is 13.7.